The maximum atomic E-state index is 5.64. The van der Waals surface area contributed by atoms with Gasteiger partial charge in [0.25, 0.3) is 0 Å². The molecule has 1 heterocycles. The van der Waals surface area contributed by atoms with Gasteiger partial charge in [0.15, 0.2) is 0 Å². The number of hydrogen-bond donors (Lipinski definition) is 0. The summed E-state index contributed by atoms with van der Waals surface area (Å²) >= 11 is 5.64. The molecular formula is C13H18ClN. The minimum Gasteiger partial charge on any atom is -0.261 e. The Kier molecular flexibility index (Phi) is 6.10. The Labute approximate surface area is 97.2 Å². The molecule has 1 aromatic rings. The summed E-state index contributed by atoms with van der Waals surface area (Å²) in [5.41, 5.74) is 2.77. The van der Waals surface area contributed by atoms with Crippen LogP contribution in [0.3, 0.4) is 0 Å². The van der Waals surface area contributed by atoms with E-state index >= 15 is 0 Å². The lowest BCUT2D eigenvalue weighted by molar-refractivity contribution is 0.547. The summed E-state index contributed by atoms with van der Waals surface area (Å²) in [5.74, 6) is 0.525. The molecule has 82 valence electrons. The number of halogens is 1. The molecule has 0 aromatic carbocycles. The van der Waals surface area contributed by atoms with Crippen molar-refractivity contribution < 1.29 is 0 Å². The molecule has 0 fully saturated rings. The van der Waals surface area contributed by atoms with Gasteiger partial charge in [-0.2, -0.15) is 0 Å². The molecule has 0 aliphatic heterocycles. The maximum absolute atomic E-state index is 5.64. The summed E-state index contributed by atoms with van der Waals surface area (Å²) in [6, 6.07) is 6.05. The van der Waals surface area contributed by atoms with Crippen LogP contribution in [-0.2, 0) is 6.42 Å². The van der Waals surface area contributed by atoms with Crippen molar-refractivity contribution in [3.8, 4) is 0 Å². The molecule has 1 atom stereocenters. The molecule has 1 rings (SSSR count). The lowest BCUT2D eigenvalue weighted by Crippen LogP contribution is -2.02. The number of hydrogen-bond acceptors (Lipinski definition) is 1. The van der Waals surface area contributed by atoms with Gasteiger partial charge in [0.2, 0.25) is 0 Å². The van der Waals surface area contributed by atoms with Crippen molar-refractivity contribution in [2.24, 2.45) is 5.92 Å². The average Bonchev–Trinajstić information content (AvgIpc) is 2.28. The first-order chi connectivity index (χ1) is 7.36. The molecule has 2 heteroatoms. The first kappa shape index (κ1) is 12.3. The molecule has 0 saturated heterocycles. The zero-order valence-corrected chi connectivity index (χ0v) is 9.95. The summed E-state index contributed by atoms with van der Waals surface area (Å²) in [7, 11) is 0. The SMILES string of the molecule is CCCCC(C=CCl)Cc1ccccn1. The summed E-state index contributed by atoms with van der Waals surface area (Å²) in [6.07, 6.45) is 8.58. The fourth-order valence-corrected chi connectivity index (χ4v) is 1.83. The third-order valence-electron chi connectivity index (χ3n) is 2.47. The molecule has 0 N–H and O–H groups in total. The van der Waals surface area contributed by atoms with Crippen molar-refractivity contribution >= 4 is 11.6 Å². The fourth-order valence-electron chi connectivity index (χ4n) is 1.62. The van der Waals surface area contributed by atoms with Crippen LogP contribution in [0.2, 0.25) is 0 Å². The van der Waals surface area contributed by atoms with Crippen LogP contribution in [0, 0.1) is 5.92 Å². The number of allylic oxidation sites excluding steroid dienone is 1. The van der Waals surface area contributed by atoms with E-state index in [1.54, 1.807) is 5.54 Å². The molecule has 1 unspecified atom stereocenters. The fraction of sp³-hybridized carbons (Fsp3) is 0.462. The Bertz CT molecular complexity index is 282. The normalized spacial score (nSPS) is 13.2. The molecule has 0 spiro atoms. The van der Waals surface area contributed by atoms with Crippen LogP contribution in [0.5, 0.6) is 0 Å². The summed E-state index contributed by atoms with van der Waals surface area (Å²) in [4.78, 5) is 4.33. The summed E-state index contributed by atoms with van der Waals surface area (Å²) in [6.45, 7) is 2.21. The van der Waals surface area contributed by atoms with Gasteiger partial charge < -0.3 is 0 Å². The molecular weight excluding hydrogens is 206 g/mol. The first-order valence-electron chi connectivity index (χ1n) is 5.53. The van der Waals surface area contributed by atoms with E-state index in [-0.39, 0.29) is 0 Å². The van der Waals surface area contributed by atoms with E-state index in [9.17, 15) is 0 Å². The van der Waals surface area contributed by atoms with E-state index in [1.807, 2.05) is 18.3 Å². The lowest BCUT2D eigenvalue weighted by atomic mass is 9.97. The smallest absolute Gasteiger partial charge is 0.0409 e. The minimum atomic E-state index is 0.525. The van der Waals surface area contributed by atoms with Gasteiger partial charge in [-0.1, -0.05) is 43.5 Å². The van der Waals surface area contributed by atoms with Crippen LogP contribution < -0.4 is 0 Å². The van der Waals surface area contributed by atoms with E-state index in [0.29, 0.717) is 5.92 Å². The molecule has 1 nitrogen and oxygen atoms in total. The van der Waals surface area contributed by atoms with Crippen molar-refractivity contribution in [2.75, 3.05) is 0 Å². The van der Waals surface area contributed by atoms with Crippen molar-refractivity contribution in [2.45, 2.75) is 32.6 Å². The predicted molar refractivity (Wildman–Crippen MR) is 65.9 cm³/mol. The van der Waals surface area contributed by atoms with Gasteiger partial charge in [-0.25, -0.2) is 0 Å². The molecule has 15 heavy (non-hydrogen) atoms. The van der Waals surface area contributed by atoms with Crippen LogP contribution in [-0.4, -0.2) is 4.98 Å². The largest absolute Gasteiger partial charge is 0.261 e. The van der Waals surface area contributed by atoms with Crippen LogP contribution in [0.1, 0.15) is 31.9 Å². The van der Waals surface area contributed by atoms with Gasteiger partial charge in [0, 0.05) is 17.4 Å². The van der Waals surface area contributed by atoms with E-state index in [4.69, 9.17) is 11.6 Å². The third kappa shape index (κ3) is 4.98. The van der Waals surface area contributed by atoms with Gasteiger partial charge in [-0.15, -0.1) is 0 Å². The van der Waals surface area contributed by atoms with E-state index < -0.39 is 0 Å². The molecule has 0 aliphatic rings. The van der Waals surface area contributed by atoms with Crippen LogP contribution in [0.25, 0.3) is 0 Å². The molecule has 0 radical (unpaired) electrons. The van der Waals surface area contributed by atoms with Gasteiger partial charge in [0.05, 0.1) is 0 Å². The van der Waals surface area contributed by atoms with Crippen LogP contribution in [0.15, 0.2) is 36.0 Å². The zero-order valence-electron chi connectivity index (χ0n) is 9.20. The average molecular weight is 224 g/mol. The Morgan fingerprint density at radius 1 is 1.47 bits per heavy atom. The first-order valence-corrected chi connectivity index (χ1v) is 5.97. The Hall–Kier alpha value is -0.820. The summed E-state index contributed by atoms with van der Waals surface area (Å²) in [5, 5.41) is 0. The van der Waals surface area contributed by atoms with Crippen molar-refractivity contribution in [1.82, 2.24) is 4.98 Å². The van der Waals surface area contributed by atoms with E-state index in [0.717, 1.165) is 12.1 Å². The monoisotopic (exact) mass is 223 g/mol. The highest BCUT2D eigenvalue weighted by Crippen LogP contribution is 2.15. The van der Waals surface area contributed by atoms with Gasteiger partial charge in [0.1, 0.15) is 0 Å². The maximum Gasteiger partial charge on any atom is 0.0409 e. The Balaban J connectivity index is 2.50. The number of rotatable bonds is 6. The van der Waals surface area contributed by atoms with Gasteiger partial charge in [-0.05, 0) is 30.9 Å². The topological polar surface area (TPSA) is 12.9 Å². The lowest BCUT2D eigenvalue weighted by Gasteiger charge is -2.10. The number of unbranched alkanes of at least 4 members (excludes halogenated alkanes) is 1. The highest BCUT2D eigenvalue weighted by Gasteiger charge is 2.05. The number of aromatic nitrogens is 1. The molecule has 0 saturated carbocycles. The number of pyridine rings is 1. The summed E-state index contributed by atoms with van der Waals surface area (Å²) < 4.78 is 0. The Morgan fingerprint density at radius 2 is 2.33 bits per heavy atom. The van der Waals surface area contributed by atoms with Crippen molar-refractivity contribution in [3.05, 3.63) is 41.7 Å². The van der Waals surface area contributed by atoms with Gasteiger partial charge >= 0.3 is 0 Å². The van der Waals surface area contributed by atoms with Crippen LogP contribution in [0.4, 0.5) is 0 Å². The third-order valence-corrected chi connectivity index (χ3v) is 2.62. The van der Waals surface area contributed by atoms with Gasteiger partial charge in [-0.3, -0.25) is 4.98 Å². The predicted octanol–water partition coefficient (Wildman–Crippen LogP) is 4.18. The van der Waals surface area contributed by atoms with E-state index in [1.165, 1.54) is 19.3 Å². The standard InChI is InChI=1S/C13H18ClN/c1-2-3-6-12(8-9-14)11-13-7-4-5-10-15-13/h4-5,7-10,12H,2-3,6,11H2,1H3. The molecule has 0 amide bonds. The Morgan fingerprint density at radius 3 is 2.93 bits per heavy atom. The quantitative estimate of drug-likeness (QED) is 0.705. The van der Waals surface area contributed by atoms with Crippen molar-refractivity contribution in [1.29, 1.82) is 0 Å². The molecule has 0 aliphatic carbocycles. The van der Waals surface area contributed by atoms with E-state index in [2.05, 4.69) is 24.1 Å². The molecule has 1 aromatic heterocycles. The molecule has 0 bridgehead atoms. The second kappa shape index (κ2) is 7.47. The highest BCUT2D eigenvalue weighted by atomic mass is 35.5. The second-order valence-electron chi connectivity index (χ2n) is 3.75. The van der Waals surface area contributed by atoms with Crippen LogP contribution >= 0.6 is 11.6 Å². The zero-order chi connectivity index (χ0) is 10.9. The van der Waals surface area contributed by atoms with Crippen molar-refractivity contribution in [3.63, 3.8) is 0 Å². The highest BCUT2D eigenvalue weighted by molar-refractivity contribution is 6.25. The number of nitrogens with zero attached hydrogens (tertiary/aromatic N) is 1. The minimum absolute atomic E-state index is 0.525. The second-order valence-corrected chi connectivity index (χ2v) is 4.00.